The molecule has 2 aliphatic heterocycles. The number of alkyl halides is 2. The van der Waals surface area contributed by atoms with Crippen LogP contribution in [0.15, 0.2) is 24.3 Å². The summed E-state index contributed by atoms with van der Waals surface area (Å²) in [6.07, 6.45) is 1.21. The number of piperazine rings is 1. The number of hydrogen-bond donors (Lipinski definition) is 0. The minimum absolute atomic E-state index is 0.131. The number of rotatable bonds is 5. The average Bonchev–Trinajstić information content (AvgIpc) is 3.43. The van der Waals surface area contributed by atoms with Crippen molar-refractivity contribution in [1.82, 2.24) is 14.7 Å². The fourth-order valence-electron chi connectivity index (χ4n) is 4.56. The summed E-state index contributed by atoms with van der Waals surface area (Å²) in [4.78, 5) is 19.4. The highest BCUT2D eigenvalue weighted by molar-refractivity contribution is 5.92. The molecule has 0 radical (unpaired) electrons. The number of carbonyl (C=O) groups excluding carboxylic acids is 1. The van der Waals surface area contributed by atoms with Crippen LogP contribution >= 0.6 is 0 Å². The molecule has 4 rings (SSSR count). The first-order chi connectivity index (χ1) is 13.3. The summed E-state index contributed by atoms with van der Waals surface area (Å²) in [5.41, 5.74) is 0.277. The van der Waals surface area contributed by atoms with E-state index < -0.39 is 23.9 Å². The van der Waals surface area contributed by atoms with Crippen molar-refractivity contribution in [3.63, 3.8) is 0 Å². The molecule has 28 heavy (non-hydrogen) atoms. The lowest BCUT2D eigenvalue weighted by atomic mass is 9.93. The van der Waals surface area contributed by atoms with Crippen LogP contribution in [0.2, 0.25) is 0 Å². The topological polar surface area (TPSA) is 36.0 Å². The molecule has 0 spiro atoms. The Morgan fingerprint density at radius 3 is 2.36 bits per heavy atom. The van der Waals surface area contributed by atoms with Crippen molar-refractivity contribution >= 4 is 5.91 Å². The Kier molecular flexibility index (Phi) is 5.08. The molecule has 3 fully saturated rings. The van der Waals surface area contributed by atoms with Gasteiger partial charge in [0.2, 0.25) is 5.91 Å². The first kappa shape index (κ1) is 19.6. The Bertz CT molecular complexity index is 713. The molecular formula is C21H29F2N3O2. The van der Waals surface area contributed by atoms with Crippen LogP contribution in [-0.2, 0) is 10.2 Å². The molecule has 154 valence electrons. The molecule has 1 aromatic carbocycles. The molecule has 3 aliphatic rings. The Morgan fingerprint density at radius 2 is 1.79 bits per heavy atom. The number of nitrogens with zero attached hydrogens (tertiary/aromatic N) is 3. The number of carbonyl (C=O) groups is 1. The molecule has 1 amide bonds. The summed E-state index contributed by atoms with van der Waals surface area (Å²) in [5, 5.41) is 0. The molecule has 0 unspecified atom stereocenters. The molecule has 0 N–H and O–H groups in total. The molecular weight excluding hydrogens is 364 g/mol. The second-order valence-corrected chi connectivity index (χ2v) is 8.56. The van der Waals surface area contributed by atoms with Crippen molar-refractivity contribution in [2.75, 3.05) is 53.4 Å². The number of amides is 1. The Hall–Kier alpha value is -1.73. The molecule has 2 heterocycles. The number of ether oxygens (including phenoxy) is 1. The maximum Gasteiger partial charge on any atom is 0.267 e. The largest absolute Gasteiger partial charge is 0.497 e. The van der Waals surface area contributed by atoms with Crippen LogP contribution in [0.25, 0.3) is 0 Å². The van der Waals surface area contributed by atoms with Crippen LogP contribution in [0.3, 0.4) is 0 Å². The van der Waals surface area contributed by atoms with Crippen molar-refractivity contribution in [3.05, 3.63) is 29.8 Å². The molecule has 0 bridgehead atoms. The molecule has 0 aromatic heterocycles. The minimum Gasteiger partial charge on any atom is -0.497 e. The lowest BCUT2D eigenvalue weighted by Crippen LogP contribution is -2.51. The third-order valence-corrected chi connectivity index (χ3v) is 6.50. The summed E-state index contributed by atoms with van der Waals surface area (Å²) in [6, 6.07) is 7.05. The second kappa shape index (κ2) is 7.26. The summed E-state index contributed by atoms with van der Waals surface area (Å²) in [5.74, 6) is -2.20. The Labute approximate surface area is 165 Å². The van der Waals surface area contributed by atoms with Gasteiger partial charge in [0.15, 0.2) is 0 Å². The number of halogens is 2. The van der Waals surface area contributed by atoms with Gasteiger partial charge in [-0.05, 0) is 37.6 Å². The maximum absolute atomic E-state index is 14.3. The summed E-state index contributed by atoms with van der Waals surface area (Å²) < 4.78 is 33.8. The third-order valence-electron chi connectivity index (χ3n) is 6.50. The average molecular weight is 393 g/mol. The monoisotopic (exact) mass is 393 g/mol. The van der Waals surface area contributed by atoms with E-state index in [2.05, 4.69) is 16.8 Å². The van der Waals surface area contributed by atoms with E-state index in [1.54, 1.807) is 7.11 Å². The van der Waals surface area contributed by atoms with Gasteiger partial charge in [0.1, 0.15) is 5.75 Å². The lowest BCUT2D eigenvalue weighted by Gasteiger charge is -2.36. The smallest absolute Gasteiger partial charge is 0.267 e. The first-order valence-electron chi connectivity index (χ1n) is 10.1. The Morgan fingerprint density at radius 1 is 1.14 bits per heavy atom. The van der Waals surface area contributed by atoms with E-state index in [9.17, 15) is 13.6 Å². The van der Waals surface area contributed by atoms with Gasteiger partial charge < -0.3 is 14.5 Å². The fourth-order valence-corrected chi connectivity index (χ4v) is 4.56. The predicted octanol–water partition coefficient (Wildman–Crippen LogP) is 2.21. The van der Waals surface area contributed by atoms with Crippen LogP contribution in [0.1, 0.15) is 24.8 Å². The second-order valence-electron chi connectivity index (χ2n) is 8.56. The fraction of sp³-hybridized carbons (Fsp3) is 0.667. The van der Waals surface area contributed by atoms with E-state index in [-0.39, 0.29) is 12.3 Å². The standard InChI is InChI=1S/C21H29F2N3O2/c1-24-9-11-25(12-10-24)14-17-13-21(22,23)15-26(17)19(27)20(7-8-20)16-3-5-18(28-2)6-4-16/h3-6,17H,7-15H2,1-2H3/t17-/m0/s1. The van der Waals surface area contributed by atoms with Crippen LogP contribution in [0, 0.1) is 0 Å². The van der Waals surface area contributed by atoms with Crippen LogP contribution < -0.4 is 4.74 Å². The molecule has 2 saturated heterocycles. The van der Waals surface area contributed by atoms with Gasteiger partial charge in [-0.1, -0.05) is 12.1 Å². The van der Waals surface area contributed by atoms with Crippen molar-refractivity contribution in [3.8, 4) is 5.75 Å². The zero-order valence-electron chi connectivity index (χ0n) is 16.7. The van der Waals surface area contributed by atoms with Crippen molar-refractivity contribution in [2.24, 2.45) is 0 Å². The number of likely N-dealkylation sites (tertiary alicyclic amines) is 1. The van der Waals surface area contributed by atoms with Crippen LogP contribution in [0.4, 0.5) is 8.78 Å². The number of methoxy groups -OCH3 is 1. The minimum atomic E-state index is -2.80. The van der Waals surface area contributed by atoms with E-state index in [0.29, 0.717) is 6.54 Å². The van der Waals surface area contributed by atoms with Crippen LogP contribution in [-0.4, -0.2) is 86.0 Å². The van der Waals surface area contributed by atoms with E-state index >= 15 is 0 Å². The van der Waals surface area contributed by atoms with E-state index in [1.807, 2.05) is 24.3 Å². The van der Waals surface area contributed by atoms with Gasteiger partial charge in [-0.3, -0.25) is 9.69 Å². The van der Waals surface area contributed by atoms with E-state index in [0.717, 1.165) is 50.3 Å². The van der Waals surface area contributed by atoms with Gasteiger partial charge in [0, 0.05) is 39.1 Å². The molecule has 5 nitrogen and oxygen atoms in total. The molecule has 7 heteroatoms. The van der Waals surface area contributed by atoms with Gasteiger partial charge in [-0.2, -0.15) is 0 Å². The van der Waals surface area contributed by atoms with Gasteiger partial charge in [-0.25, -0.2) is 8.78 Å². The number of likely N-dealkylation sites (N-methyl/N-ethyl adjacent to an activating group) is 1. The molecule has 1 atom stereocenters. The summed E-state index contributed by atoms with van der Waals surface area (Å²) in [6.45, 7) is 3.68. The highest BCUT2D eigenvalue weighted by atomic mass is 19.3. The van der Waals surface area contributed by atoms with Gasteiger partial charge in [-0.15, -0.1) is 0 Å². The van der Waals surface area contributed by atoms with Crippen molar-refractivity contribution < 1.29 is 18.3 Å². The van der Waals surface area contributed by atoms with Crippen molar-refractivity contribution in [2.45, 2.75) is 36.6 Å². The Balaban J connectivity index is 1.50. The third kappa shape index (κ3) is 3.74. The quantitative estimate of drug-likeness (QED) is 0.769. The normalized spacial score (nSPS) is 27.0. The van der Waals surface area contributed by atoms with Gasteiger partial charge in [0.25, 0.3) is 5.92 Å². The number of hydrogen-bond acceptors (Lipinski definition) is 4. The van der Waals surface area contributed by atoms with Gasteiger partial charge >= 0.3 is 0 Å². The van der Waals surface area contributed by atoms with E-state index in [1.165, 1.54) is 4.90 Å². The van der Waals surface area contributed by atoms with Crippen molar-refractivity contribution in [1.29, 1.82) is 0 Å². The molecule has 1 saturated carbocycles. The van der Waals surface area contributed by atoms with Crippen LogP contribution in [0.5, 0.6) is 5.75 Å². The zero-order chi connectivity index (χ0) is 19.9. The molecule has 1 aromatic rings. The lowest BCUT2D eigenvalue weighted by molar-refractivity contribution is -0.136. The summed E-state index contributed by atoms with van der Waals surface area (Å²) in [7, 11) is 3.67. The van der Waals surface area contributed by atoms with E-state index in [4.69, 9.17) is 4.74 Å². The molecule has 1 aliphatic carbocycles. The zero-order valence-corrected chi connectivity index (χ0v) is 16.7. The maximum atomic E-state index is 14.3. The predicted molar refractivity (Wildman–Crippen MR) is 103 cm³/mol. The number of benzene rings is 1. The summed E-state index contributed by atoms with van der Waals surface area (Å²) >= 11 is 0. The first-order valence-corrected chi connectivity index (χ1v) is 10.1. The SMILES string of the molecule is COc1ccc(C2(C(=O)N3CC(F)(F)C[C@H]3CN3CCN(C)CC3)CC2)cc1. The highest BCUT2D eigenvalue weighted by Crippen LogP contribution is 2.51. The van der Waals surface area contributed by atoms with Gasteiger partial charge in [0.05, 0.1) is 25.1 Å². The highest BCUT2D eigenvalue weighted by Gasteiger charge is 2.57.